The number of benzene rings is 2. The molecule has 5 nitrogen and oxygen atoms in total. The Hall–Kier alpha value is -2.60. The molecule has 0 bridgehead atoms. The molecule has 0 saturated heterocycles. The first-order valence-corrected chi connectivity index (χ1v) is 8.80. The average molecular weight is 372 g/mol. The van der Waals surface area contributed by atoms with Gasteiger partial charge in [0.15, 0.2) is 5.11 Å². The fourth-order valence-corrected chi connectivity index (χ4v) is 2.24. The molecule has 0 aromatic heterocycles. The zero-order valence-electron chi connectivity index (χ0n) is 15.4. The minimum Gasteiger partial charge on any atom is -0.490 e. The van der Waals surface area contributed by atoms with Crippen molar-refractivity contribution in [2.24, 2.45) is 10.8 Å². The number of hydrogen-bond acceptors (Lipinski definition) is 4. The van der Waals surface area contributed by atoms with Crippen LogP contribution in [-0.2, 0) is 5.41 Å². The lowest BCUT2D eigenvalue weighted by molar-refractivity contribution is 0.217. The standard InChI is InChI=1S/C20H25N3O2S/c1-20(2,3)16-6-10-18(11-7-16)25-13-12-24-17-8-4-15(5-9-17)14-22-23-19(21)26/h4-11,14H,12-13H2,1-3H3,(H3,21,23,26)/b22-14+. The van der Waals surface area contributed by atoms with Crippen molar-refractivity contribution in [1.82, 2.24) is 5.43 Å². The van der Waals surface area contributed by atoms with Crippen molar-refractivity contribution in [2.45, 2.75) is 26.2 Å². The van der Waals surface area contributed by atoms with Gasteiger partial charge in [-0.05, 0) is 65.2 Å². The summed E-state index contributed by atoms with van der Waals surface area (Å²) in [5.41, 5.74) is 10.1. The summed E-state index contributed by atoms with van der Waals surface area (Å²) in [5.74, 6) is 1.62. The highest BCUT2D eigenvalue weighted by Gasteiger charge is 2.12. The summed E-state index contributed by atoms with van der Waals surface area (Å²) in [6.45, 7) is 7.53. The van der Waals surface area contributed by atoms with E-state index in [9.17, 15) is 0 Å². The first-order chi connectivity index (χ1) is 12.3. The van der Waals surface area contributed by atoms with Gasteiger partial charge in [-0.15, -0.1) is 0 Å². The number of ether oxygens (including phenoxy) is 2. The lowest BCUT2D eigenvalue weighted by atomic mass is 9.87. The summed E-state index contributed by atoms with van der Waals surface area (Å²) < 4.78 is 11.4. The molecule has 0 heterocycles. The molecule has 2 rings (SSSR count). The van der Waals surface area contributed by atoms with Gasteiger partial charge in [0, 0.05) is 0 Å². The zero-order valence-corrected chi connectivity index (χ0v) is 16.2. The average Bonchev–Trinajstić information content (AvgIpc) is 2.59. The van der Waals surface area contributed by atoms with Crippen molar-refractivity contribution in [1.29, 1.82) is 0 Å². The molecule has 0 atom stereocenters. The predicted octanol–water partition coefficient (Wildman–Crippen LogP) is 3.61. The minimum absolute atomic E-state index is 0.134. The molecule has 6 heteroatoms. The fraction of sp³-hybridized carbons (Fsp3) is 0.300. The molecular weight excluding hydrogens is 346 g/mol. The molecule has 2 aromatic carbocycles. The van der Waals surface area contributed by atoms with Gasteiger partial charge in [-0.1, -0.05) is 32.9 Å². The molecule has 0 saturated carbocycles. The van der Waals surface area contributed by atoms with Crippen LogP contribution in [0, 0.1) is 0 Å². The molecule has 26 heavy (non-hydrogen) atoms. The molecule has 0 fully saturated rings. The van der Waals surface area contributed by atoms with Crippen LogP contribution in [0.1, 0.15) is 31.9 Å². The Kier molecular flexibility index (Phi) is 6.97. The van der Waals surface area contributed by atoms with Crippen LogP contribution in [0.25, 0.3) is 0 Å². The van der Waals surface area contributed by atoms with E-state index in [4.69, 9.17) is 15.2 Å². The van der Waals surface area contributed by atoms with E-state index in [-0.39, 0.29) is 10.5 Å². The topological polar surface area (TPSA) is 68.9 Å². The molecule has 0 unspecified atom stereocenters. The van der Waals surface area contributed by atoms with Gasteiger partial charge >= 0.3 is 0 Å². The lowest BCUT2D eigenvalue weighted by Crippen LogP contribution is -2.23. The molecule has 2 aromatic rings. The normalized spacial score (nSPS) is 11.3. The molecule has 0 spiro atoms. The Morgan fingerprint density at radius 1 is 1.00 bits per heavy atom. The van der Waals surface area contributed by atoms with Crippen LogP contribution in [0.15, 0.2) is 53.6 Å². The van der Waals surface area contributed by atoms with E-state index in [2.05, 4.69) is 55.6 Å². The van der Waals surface area contributed by atoms with Crippen LogP contribution in [0.4, 0.5) is 0 Å². The van der Waals surface area contributed by atoms with Gasteiger partial charge in [0.1, 0.15) is 24.7 Å². The van der Waals surface area contributed by atoms with E-state index in [1.54, 1.807) is 6.21 Å². The van der Waals surface area contributed by atoms with Gasteiger partial charge in [-0.25, -0.2) is 0 Å². The highest BCUT2D eigenvalue weighted by molar-refractivity contribution is 7.80. The van der Waals surface area contributed by atoms with Crippen molar-refractivity contribution < 1.29 is 9.47 Å². The molecule has 3 N–H and O–H groups in total. The van der Waals surface area contributed by atoms with Crippen molar-refractivity contribution in [3.05, 3.63) is 59.7 Å². The number of hydrazone groups is 1. The Balaban J connectivity index is 1.74. The summed E-state index contributed by atoms with van der Waals surface area (Å²) in [6.07, 6.45) is 1.63. The summed E-state index contributed by atoms with van der Waals surface area (Å²) in [4.78, 5) is 0. The third kappa shape index (κ3) is 6.72. The fourth-order valence-electron chi connectivity index (χ4n) is 2.19. The van der Waals surface area contributed by atoms with Gasteiger partial charge in [0.2, 0.25) is 0 Å². The third-order valence-electron chi connectivity index (χ3n) is 3.61. The summed E-state index contributed by atoms with van der Waals surface area (Å²) >= 11 is 4.67. The van der Waals surface area contributed by atoms with Gasteiger partial charge in [0.25, 0.3) is 0 Å². The van der Waals surface area contributed by atoms with E-state index in [1.807, 2.05) is 36.4 Å². The third-order valence-corrected chi connectivity index (χ3v) is 3.70. The number of rotatable bonds is 7. The molecule has 0 aliphatic carbocycles. The number of nitrogens with one attached hydrogen (secondary N) is 1. The summed E-state index contributed by atoms with van der Waals surface area (Å²) in [5, 5.41) is 4.03. The highest BCUT2D eigenvalue weighted by Crippen LogP contribution is 2.24. The van der Waals surface area contributed by atoms with Crippen molar-refractivity contribution >= 4 is 23.5 Å². The summed E-state index contributed by atoms with van der Waals surface area (Å²) in [7, 11) is 0. The van der Waals surface area contributed by atoms with E-state index in [1.165, 1.54) is 5.56 Å². The van der Waals surface area contributed by atoms with Crippen LogP contribution >= 0.6 is 12.2 Å². The first-order valence-electron chi connectivity index (χ1n) is 8.39. The Bertz CT molecular complexity index is 735. The Morgan fingerprint density at radius 3 is 1.96 bits per heavy atom. The molecule has 0 radical (unpaired) electrons. The monoisotopic (exact) mass is 371 g/mol. The number of nitrogens with two attached hydrogens (primary N) is 1. The van der Waals surface area contributed by atoms with Gasteiger partial charge in [0.05, 0.1) is 6.21 Å². The van der Waals surface area contributed by atoms with Crippen molar-refractivity contribution in [3.8, 4) is 11.5 Å². The predicted molar refractivity (Wildman–Crippen MR) is 110 cm³/mol. The molecular formula is C20H25N3O2S. The second-order valence-electron chi connectivity index (χ2n) is 6.77. The highest BCUT2D eigenvalue weighted by atomic mass is 32.1. The minimum atomic E-state index is 0.134. The smallest absolute Gasteiger partial charge is 0.184 e. The first kappa shape index (κ1) is 19.7. The number of thiocarbonyl (C=S) groups is 1. The van der Waals surface area contributed by atoms with E-state index in [0.717, 1.165) is 17.1 Å². The maximum atomic E-state index is 5.72. The maximum Gasteiger partial charge on any atom is 0.184 e. The molecule has 0 amide bonds. The van der Waals surface area contributed by atoms with Gasteiger partial charge < -0.3 is 15.2 Å². The second kappa shape index (κ2) is 9.20. The molecule has 138 valence electrons. The summed E-state index contributed by atoms with van der Waals surface area (Å²) in [6, 6.07) is 15.7. The largest absolute Gasteiger partial charge is 0.490 e. The van der Waals surface area contributed by atoms with Crippen molar-refractivity contribution in [3.63, 3.8) is 0 Å². The van der Waals surface area contributed by atoms with Crippen LogP contribution < -0.4 is 20.6 Å². The van der Waals surface area contributed by atoms with E-state index < -0.39 is 0 Å². The van der Waals surface area contributed by atoms with Gasteiger partial charge in [-0.2, -0.15) is 5.10 Å². The van der Waals surface area contributed by atoms with Crippen molar-refractivity contribution in [2.75, 3.05) is 13.2 Å². The van der Waals surface area contributed by atoms with Gasteiger partial charge in [-0.3, -0.25) is 5.43 Å². The van der Waals surface area contributed by atoms with Crippen LogP contribution in [0.3, 0.4) is 0 Å². The SMILES string of the molecule is CC(C)(C)c1ccc(OCCOc2ccc(/C=N/NC(N)=S)cc2)cc1. The number of hydrogen-bond donors (Lipinski definition) is 2. The van der Waals surface area contributed by atoms with Crippen LogP contribution in [-0.4, -0.2) is 24.5 Å². The Labute approximate surface area is 160 Å². The quantitative estimate of drug-likeness (QED) is 0.337. The lowest BCUT2D eigenvalue weighted by Gasteiger charge is -2.19. The zero-order chi connectivity index (χ0) is 19.0. The van der Waals surface area contributed by atoms with E-state index >= 15 is 0 Å². The van der Waals surface area contributed by atoms with Crippen LogP contribution in [0.5, 0.6) is 11.5 Å². The maximum absolute atomic E-state index is 5.72. The number of nitrogens with zero attached hydrogens (tertiary/aromatic N) is 1. The molecule has 0 aliphatic heterocycles. The van der Waals surface area contributed by atoms with Crippen LogP contribution in [0.2, 0.25) is 0 Å². The molecule has 0 aliphatic rings. The van der Waals surface area contributed by atoms with E-state index in [0.29, 0.717) is 13.2 Å². The second-order valence-corrected chi connectivity index (χ2v) is 7.21. The Morgan fingerprint density at radius 2 is 1.50 bits per heavy atom.